The van der Waals surface area contributed by atoms with Gasteiger partial charge in [0.1, 0.15) is 0 Å². The molecule has 15 heavy (non-hydrogen) atoms. The van der Waals surface area contributed by atoms with Gasteiger partial charge in [0.05, 0.1) is 11.4 Å². The number of nitrogens with one attached hydrogen (secondary N) is 1. The van der Waals surface area contributed by atoms with E-state index in [2.05, 4.69) is 19.2 Å². The standard InChI is InChI=1S/C12H21N3/c1-3-5-9(4-2)15-10-6-7-11(13)12(14)8-10/h6-9,15H,3-5,13-14H2,1-2H3. The van der Waals surface area contributed by atoms with Gasteiger partial charge < -0.3 is 16.8 Å². The van der Waals surface area contributed by atoms with Gasteiger partial charge in [-0.3, -0.25) is 0 Å². The van der Waals surface area contributed by atoms with Crippen LogP contribution >= 0.6 is 0 Å². The predicted molar refractivity (Wildman–Crippen MR) is 67.9 cm³/mol. The second-order valence-electron chi connectivity index (χ2n) is 3.88. The van der Waals surface area contributed by atoms with Crippen LogP contribution in [0.3, 0.4) is 0 Å². The van der Waals surface area contributed by atoms with Gasteiger partial charge in [-0.15, -0.1) is 0 Å². The van der Waals surface area contributed by atoms with E-state index in [4.69, 9.17) is 11.5 Å². The van der Waals surface area contributed by atoms with Crippen molar-refractivity contribution in [2.24, 2.45) is 0 Å². The van der Waals surface area contributed by atoms with E-state index in [0.717, 1.165) is 12.1 Å². The molecule has 1 aromatic rings. The average molecular weight is 207 g/mol. The first-order chi connectivity index (χ1) is 7.17. The number of hydrogen-bond donors (Lipinski definition) is 3. The van der Waals surface area contributed by atoms with Gasteiger partial charge in [0.15, 0.2) is 0 Å². The fourth-order valence-corrected chi connectivity index (χ4v) is 1.63. The zero-order chi connectivity index (χ0) is 11.3. The van der Waals surface area contributed by atoms with Gasteiger partial charge in [-0.25, -0.2) is 0 Å². The SMILES string of the molecule is CCCC(CC)Nc1ccc(N)c(N)c1. The number of nitrogens with two attached hydrogens (primary N) is 2. The van der Waals surface area contributed by atoms with E-state index in [1.807, 2.05) is 18.2 Å². The molecule has 1 rings (SSSR count). The first-order valence-corrected chi connectivity index (χ1v) is 5.58. The predicted octanol–water partition coefficient (Wildman–Crippen LogP) is 2.84. The highest BCUT2D eigenvalue weighted by atomic mass is 14.9. The lowest BCUT2D eigenvalue weighted by Crippen LogP contribution is -2.18. The van der Waals surface area contributed by atoms with Gasteiger partial charge in [-0.1, -0.05) is 20.3 Å². The quantitative estimate of drug-likeness (QED) is 0.650. The van der Waals surface area contributed by atoms with Crippen molar-refractivity contribution in [3.05, 3.63) is 18.2 Å². The van der Waals surface area contributed by atoms with Crippen molar-refractivity contribution in [2.45, 2.75) is 39.2 Å². The topological polar surface area (TPSA) is 64.1 Å². The van der Waals surface area contributed by atoms with Crippen LogP contribution in [-0.2, 0) is 0 Å². The summed E-state index contributed by atoms with van der Waals surface area (Å²) in [5.41, 5.74) is 13.7. The van der Waals surface area contributed by atoms with Crippen molar-refractivity contribution in [1.29, 1.82) is 0 Å². The minimum Gasteiger partial charge on any atom is -0.397 e. The van der Waals surface area contributed by atoms with Crippen LogP contribution in [0.5, 0.6) is 0 Å². The number of benzene rings is 1. The van der Waals surface area contributed by atoms with Crippen LogP contribution in [0.25, 0.3) is 0 Å². The zero-order valence-corrected chi connectivity index (χ0v) is 9.59. The molecule has 1 atom stereocenters. The molecule has 1 aromatic carbocycles. The Kier molecular flexibility index (Phi) is 4.28. The van der Waals surface area contributed by atoms with Gasteiger partial charge in [-0.05, 0) is 31.0 Å². The minimum absolute atomic E-state index is 0.526. The lowest BCUT2D eigenvalue weighted by atomic mass is 10.1. The van der Waals surface area contributed by atoms with E-state index >= 15 is 0 Å². The van der Waals surface area contributed by atoms with Crippen molar-refractivity contribution in [2.75, 3.05) is 16.8 Å². The highest BCUT2D eigenvalue weighted by Crippen LogP contribution is 2.21. The molecule has 0 saturated heterocycles. The van der Waals surface area contributed by atoms with Crippen LogP contribution in [0.2, 0.25) is 0 Å². The van der Waals surface area contributed by atoms with Gasteiger partial charge in [0.25, 0.3) is 0 Å². The lowest BCUT2D eigenvalue weighted by molar-refractivity contribution is 0.623. The van der Waals surface area contributed by atoms with Crippen molar-refractivity contribution in [3.63, 3.8) is 0 Å². The average Bonchev–Trinajstić information content (AvgIpc) is 2.23. The van der Waals surface area contributed by atoms with Gasteiger partial charge in [0.2, 0.25) is 0 Å². The third-order valence-electron chi connectivity index (χ3n) is 2.59. The van der Waals surface area contributed by atoms with Gasteiger partial charge in [0, 0.05) is 11.7 Å². The summed E-state index contributed by atoms with van der Waals surface area (Å²) in [6, 6.07) is 6.24. The molecule has 3 heteroatoms. The molecule has 0 fully saturated rings. The third kappa shape index (κ3) is 3.35. The molecule has 0 spiro atoms. The summed E-state index contributed by atoms with van der Waals surface area (Å²) in [4.78, 5) is 0. The highest BCUT2D eigenvalue weighted by Gasteiger charge is 2.05. The molecule has 0 radical (unpaired) electrons. The maximum Gasteiger partial charge on any atom is 0.0568 e. The molecule has 0 aliphatic rings. The van der Waals surface area contributed by atoms with Crippen LogP contribution in [0.4, 0.5) is 17.1 Å². The monoisotopic (exact) mass is 207 g/mol. The molecule has 0 amide bonds. The first kappa shape index (κ1) is 11.7. The molecular formula is C12H21N3. The molecular weight excluding hydrogens is 186 g/mol. The Morgan fingerprint density at radius 2 is 1.93 bits per heavy atom. The molecule has 1 unspecified atom stereocenters. The van der Waals surface area contributed by atoms with E-state index in [9.17, 15) is 0 Å². The number of anilines is 3. The Balaban J connectivity index is 2.66. The van der Waals surface area contributed by atoms with Crippen LogP contribution < -0.4 is 16.8 Å². The molecule has 3 nitrogen and oxygen atoms in total. The molecule has 0 heterocycles. The Hall–Kier alpha value is -1.38. The Labute approximate surface area is 91.9 Å². The Morgan fingerprint density at radius 1 is 1.20 bits per heavy atom. The summed E-state index contributed by atoms with van der Waals surface area (Å²) in [7, 11) is 0. The summed E-state index contributed by atoms with van der Waals surface area (Å²) in [6.07, 6.45) is 3.49. The van der Waals surface area contributed by atoms with E-state index in [1.165, 1.54) is 12.8 Å². The van der Waals surface area contributed by atoms with Crippen LogP contribution in [-0.4, -0.2) is 6.04 Å². The number of rotatable bonds is 5. The molecule has 0 bridgehead atoms. The fraction of sp³-hybridized carbons (Fsp3) is 0.500. The summed E-state index contributed by atoms with van der Waals surface area (Å²) in [5.74, 6) is 0. The molecule has 5 N–H and O–H groups in total. The zero-order valence-electron chi connectivity index (χ0n) is 9.59. The minimum atomic E-state index is 0.526. The number of hydrogen-bond acceptors (Lipinski definition) is 3. The van der Waals surface area contributed by atoms with E-state index in [0.29, 0.717) is 17.4 Å². The summed E-state index contributed by atoms with van der Waals surface area (Å²) < 4.78 is 0. The van der Waals surface area contributed by atoms with Crippen LogP contribution in [0, 0.1) is 0 Å². The lowest BCUT2D eigenvalue weighted by Gasteiger charge is -2.18. The normalized spacial score (nSPS) is 12.4. The molecule has 84 valence electrons. The van der Waals surface area contributed by atoms with Gasteiger partial charge in [-0.2, -0.15) is 0 Å². The smallest absolute Gasteiger partial charge is 0.0568 e. The van der Waals surface area contributed by atoms with Crippen molar-refractivity contribution in [1.82, 2.24) is 0 Å². The summed E-state index contributed by atoms with van der Waals surface area (Å²) in [5, 5.41) is 3.46. The largest absolute Gasteiger partial charge is 0.397 e. The van der Waals surface area contributed by atoms with E-state index in [1.54, 1.807) is 0 Å². The second kappa shape index (κ2) is 5.49. The fourth-order valence-electron chi connectivity index (χ4n) is 1.63. The summed E-state index contributed by atoms with van der Waals surface area (Å²) in [6.45, 7) is 4.38. The molecule has 0 saturated carbocycles. The van der Waals surface area contributed by atoms with Crippen LogP contribution in [0.1, 0.15) is 33.1 Å². The molecule has 0 aliphatic heterocycles. The second-order valence-corrected chi connectivity index (χ2v) is 3.88. The maximum absolute atomic E-state index is 5.75. The molecule has 0 aliphatic carbocycles. The van der Waals surface area contributed by atoms with Crippen LogP contribution in [0.15, 0.2) is 18.2 Å². The Morgan fingerprint density at radius 3 is 2.47 bits per heavy atom. The maximum atomic E-state index is 5.75. The van der Waals surface area contributed by atoms with Crippen molar-refractivity contribution >= 4 is 17.1 Å². The number of nitrogen functional groups attached to an aromatic ring is 2. The third-order valence-corrected chi connectivity index (χ3v) is 2.59. The van der Waals surface area contributed by atoms with E-state index < -0.39 is 0 Å². The summed E-state index contributed by atoms with van der Waals surface area (Å²) >= 11 is 0. The first-order valence-electron chi connectivity index (χ1n) is 5.58. The Bertz CT molecular complexity index is 310. The van der Waals surface area contributed by atoms with Gasteiger partial charge >= 0.3 is 0 Å². The van der Waals surface area contributed by atoms with Crippen molar-refractivity contribution < 1.29 is 0 Å². The highest BCUT2D eigenvalue weighted by molar-refractivity contribution is 5.69. The van der Waals surface area contributed by atoms with Crippen molar-refractivity contribution in [3.8, 4) is 0 Å². The molecule has 0 aromatic heterocycles. The van der Waals surface area contributed by atoms with E-state index in [-0.39, 0.29) is 0 Å².